The summed E-state index contributed by atoms with van der Waals surface area (Å²) in [5, 5.41) is 7.39. The van der Waals surface area contributed by atoms with Gasteiger partial charge in [0, 0.05) is 37.0 Å². The standard InChI is InChI=1S/C25H29N7O5S/c1-6-37-22(23-27-13-16(2)14-28-23)17(3)38(33,34)31-25-30-29-24(18-9-8-12-26-15-18)32(25)21-19(35-4)10-7-11-20(21)36-5/h7-15,17,22H,6H2,1-5H3,(H,30,31)/t17?,22-/m1/s1. The summed E-state index contributed by atoms with van der Waals surface area (Å²) in [7, 11) is -1.09. The molecule has 1 unspecified atom stereocenters. The van der Waals surface area contributed by atoms with Gasteiger partial charge in [-0.05, 0) is 50.6 Å². The number of benzene rings is 1. The number of aromatic nitrogens is 6. The second kappa shape index (κ2) is 11.5. The first kappa shape index (κ1) is 26.9. The second-order valence-corrected chi connectivity index (χ2v) is 10.3. The molecule has 38 heavy (non-hydrogen) atoms. The zero-order valence-electron chi connectivity index (χ0n) is 21.7. The van der Waals surface area contributed by atoms with Crippen LogP contribution in [0.1, 0.15) is 31.3 Å². The quantitative estimate of drug-likeness (QED) is 0.301. The van der Waals surface area contributed by atoms with Crippen LogP contribution in [0.2, 0.25) is 0 Å². The SMILES string of the molecule is CCO[C@@H](c1ncc(C)cn1)C(C)S(=O)(=O)Nc1nnc(-c2cccnc2)n1-c1c(OC)cccc1OC. The highest BCUT2D eigenvalue weighted by Crippen LogP contribution is 2.38. The summed E-state index contributed by atoms with van der Waals surface area (Å²) in [4.78, 5) is 12.7. The molecule has 1 N–H and O–H groups in total. The average Bonchev–Trinajstić information content (AvgIpc) is 3.34. The van der Waals surface area contributed by atoms with Crippen molar-refractivity contribution >= 4 is 16.0 Å². The molecule has 200 valence electrons. The number of ether oxygens (including phenoxy) is 3. The Morgan fingerprint density at radius 2 is 1.68 bits per heavy atom. The lowest BCUT2D eigenvalue weighted by Gasteiger charge is -2.23. The zero-order valence-corrected chi connectivity index (χ0v) is 22.5. The smallest absolute Gasteiger partial charge is 0.243 e. The molecule has 13 heteroatoms. The number of pyridine rings is 1. The minimum absolute atomic E-state index is 0.0708. The Kier molecular flexibility index (Phi) is 8.17. The average molecular weight is 540 g/mol. The number of anilines is 1. The van der Waals surface area contributed by atoms with Crippen molar-refractivity contribution in [3.8, 4) is 28.6 Å². The highest BCUT2D eigenvalue weighted by molar-refractivity contribution is 7.93. The van der Waals surface area contributed by atoms with Gasteiger partial charge in [-0.2, -0.15) is 0 Å². The molecule has 0 amide bonds. The fourth-order valence-electron chi connectivity index (χ4n) is 3.83. The van der Waals surface area contributed by atoms with E-state index in [1.54, 1.807) is 62.0 Å². The van der Waals surface area contributed by atoms with E-state index in [1.165, 1.54) is 25.7 Å². The first-order chi connectivity index (χ1) is 18.3. The minimum Gasteiger partial charge on any atom is -0.494 e. The monoisotopic (exact) mass is 539 g/mol. The Hall–Kier alpha value is -4.10. The molecule has 0 saturated carbocycles. The van der Waals surface area contributed by atoms with Gasteiger partial charge in [-0.1, -0.05) is 6.07 Å². The van der Waals surface area contributed by atoms with E-state index < -0.39 is 21.4 Å². The molecule has 3 heterocycles. The highest BCUT2D eigenvalue weighted by atomic mass is 32.2. The summed E-state index contributed by atoms with van der Waals surface area (Å²) in [5.41, 5.74) is 1.86. The van der Waals surface area contributed by atoms with Crippen LogP contribution < -0.4 is 14.2 Å². The van der Waals surface area contributed by atoms with Gasteiger partial charge in [-0.15, -0.1) is 10.2 Å². The van der Waals surface area contributed by atoms with Crippen molar-refractivity contribution in [3.05, 3.63) is 66.5 Å². The van der Waals surface area contributed by atoms with Gasteiger partial charge in [-0.3, -0.25) is 14.3 Å². The number of hydrogen-bond acceptors (Lipinski definition) is 10. The fourth-order valence-corrected chi connectivity index (χ4v) is 4.93. The summed E-state index contributed by atoms with van der Waals surface area (Å²) in [5.74, 6) is 1.36. The number of para-hydroxylation sites is 1. The first-order valence-electron chi connectivity index (χ1n) is 11.8. The molecule has 0 fully saturated rings. The second-order valence-electron chi connectivity index (χ2n) is 8.28. The van der Waals surface area contributed by atoms with Crippen LogP contribution in [-0.4, -0.2) is 64.2 Å². The van der Waals surface area contributed by atoms with Crippen LogP contribution in [0, 0.1) is 6.92 Å². The van der Waals surface area contributed by atoms with Gasteiger partial charge in [0.15, 0.2) is 11.6 Å². The Morgan fingerprint density at radius 3 is 2.26 bits per heavy atom. The van der Waals surface area contributed by atoms with Crippen molar-refractivity contribution in [1.29, 1.82) is 0 Å². The van der Waals surface area contributed by atoms with Gasteiger partial charge >= 0.3 is 0 Å². The number of nitrogens with zero attached hydrogens (tertiary/aromatic N) is 6. The van der Waals surface area contributed by atoms with Crippen LogP contribution in [0.15, 0.2) is 55.1 Å². The van der Waals surface area contributed by atoms with Crippen molar-refractivity contribution in [2.45, 2.75) is 32.1 Å². The van der Waals surface area contributed by atoms with Crippen LogP contribution in [0.25, 0.3) is 17.1 Å². The summed E-state index contributed by atoms with van der Waals surface area (Å²) < 4.78 is 48.5. The van der Waals surface area contributed by atoms with Crippen LogP contribution in [0.3, 0.4) is 0 Å². The molecule has 3 aromatic heterocycles. The van der Waals surface area contributed by atoms with Crippen molar-refractivity contribution in [1.82, 2.24) is 29.7 Å². The number of nitrogens with one attached hydrogen (secondary N) is 1. The molecule has 0 aliphatic rings. The fraction of sp³-hybridized carbons (Fsp3) is 0.320. The number of sulfonamides is 1. The van der Waals surface area contributed by atoms with Gasteiger partial charge in [-0.25, -0.2) is 18.4 Å². The summed E-state index contributed by atoms with van der Waals surface area (Å²) in [6.07, 6.45) is 5.54. The lowest BCUT2D eigenvalue weighted by atomic mass is 10.2. The molecule has 0 spiro atoms. The van der Waals surface area contributed by atoms with Crippen molar-refractivity contribution in [3.63, 3.8) is 0 Å². The van der Waals surface area contributed by atoms with Crippen molar-refractivity contribution in [2.24, 2.45) is 0 Å². The number of methoxy groups -OCH3 is 2. The van der Waals surface area contributed by atoms with E-state index in [4.69, 9.17) is 14.2 Å². The van der Waals surface area contributed by atoms with E-state index in [0.29, 0.717) is 28.6 Å². The summed E-state index contributed by atoms with van der Waals surface area (Å²) in [6, 6.07) is 8.75. The van der Waals surface area contributed by atoms with Gasteiger partial charge in [0.05, 0.1) is 14.2 Å². The molecular weight excluding hydrogens is 510 g/mol. The Labute approximate surface area is 221 Å². The predicted molar refractivity (Wildman–Crippen MR) is 141 cm³/mol. The summed E-state index contributed by atoms with van der Waals surface area (Å²) in [6.45, 7) is 5.42. The molecule has 0 radical (unpaired) electrons. The molecule has 4 aromatic rings. The van der Waals surface area contributed by atoms with Crippen molar-refractivity contribution in [2.75, 3.05) is 25.5 Å². The molecule has 4 rings (SSSR count). The molecule has 1 aromatic carbocycles. The van der Waals surface area contributed by atoms with Crippen LogP contribution in [0.4, 0.5) is 5.95 Å². The molecule has 0 bridgehead atoms. The van der Waals surface area contributed by atoms with E-state index in [1.807, 2.05) is 6.92 Å². The number of rotatable bonds is 11. The number of hydrogen-bond donors (Lipinski definition) is 1. The molecule has 2 atom stereocenters. The maximum absolute atomic E-state index is 13.7. The molecular formula is C25H29N7O5S. The van der Waals surface area contributed by atoms with E-state index in [0.717, 1.165) is 5.56 Å². The van der Waals surface area contributed by atoms with E-state index in [9.17, 15) is 8.42 Å². The summed E-state index contributed by atoms with van der Waals surface area (Å²) >= 11 is 0. The maximum Gasteiger partial charge on any atom is 0.243 e. The van der Waals surface area contributed by atoms with Gasteiger partial charge in [0.25, 0.3) is 0 Å². The highest BCUT2D eigenvalue weighted by Gasteiger charge is 2.35. The molecule has 12 nitrogen and oxygen atoms in total. The van der Waals surface area contributed by atoms with Gasteiger partial charge in [0.2, 0.25) is 16.0 Å². The Morgan fingerprint density at radius 1 is 1.00 bits per heavy atom. The first-order valence-corrected chi connectivity index (χ1v) is 13.3. The normalized spacial score (nSPS) is 13.1. The topological polar surface area (TPSA) is 143 Å². The lowest BCUT2D eigenvalue weighted by Crippen LogP contribution is -2.34. The third-order valence-electron chi connectivity index (χ3n) is 5.76. The largest absolute Gasteiger partial charge is 0.494 e. The Balaban J connectivity index is 1.83. The third kappa shape index (κ3) is 5.43. The van der Waals surface area contributed by atoms with Gasteiger partial charge < -0.3 is 14.2 Å². The number of aryl methyl sites for hydroxylation is 1. The maximum atomic E-state index is 13.7. The van der Waals surface area contributed by atoms with Crippen molar-refractivity contribution < 1.29 is 22.6 Å². The van der Waals surface area contributed by atoms with E-state index in [-0.39, 0.29) is 18.4 Å². The van der Waals surface area contributed by atoms with Gasteiger partial charge in [0.1, 0.15) is 28.5 Å². The third-order valence-corrected chi connectivity index (χ3v) is 7.45. The van der Waals surface area contributed by atoms with Crippen LogP contribution >= 0.6 is 0 Å². The zero-order chi connectivity index (χ0) is 27.3. The lowest BCUT2D eigenvalue weighted by molar-refractivity contribution is 0.0557. The van der Waals surface area contributed by atoms with Crippen LogP contribution in [0.5, 0.6) is 11.5 Å². The molecule has 0 aliphatic carbocycles. The minimum atomic E-state index is -4.11. The van der Waals surface area contributed by atoms with Crippen LogP contribution in [-0.2, 0) is 14.8 Å². The van der Waals surface area contributed by atoms with E-state index >= 15 is 0 Å². The molecule has 0 saturated heterocycles. The van der Waals surface area contributed by atoms with E-state index in [2.05, 4.69) is 29.9 Å². The Bertz CT molecular complexity index is 1460. The molecule has 0 aliphatic heterocycles. The predicted octanol–water partition coefficient (Wildman–Crippen LogP) is 3.35.